The molecule has 1 aromatic carbocycles. The van der Waals surface area contributed by atoms with E-state index in [0.29, 0.717) is 6.54 Å². The Morgan fingerprint density at radius 3 is 2.41 bits per heavy atom. The summed E-state index contributed by atoms with van der Waals surface area (Å²) in [5, 5.41) is 3.18. The van der Waals surface area contributed by atoms with E-state index in [0.717, 1.165) is 5.56 Å². The van der Waals surface area contributed by atoms with Crippen LogP contribution in [0.15, 0.2) is 29.2 Å². The molecule has 3 nitrogen and oxygen atoms in total. The lowest BCUT2D eigenvalue weighted by Crippen LogP contribution is -2.47. The Labute approximate surface area is 107 Å². The van der Waals surface area contributed by atoms with E-state index in [9.17, 15) is 4.79 Å². The molecular formula is C13H19NO2S. The highest BCUT2D eigenvalue weighted by Crippen LogP contribution is 2.25. The van der Waals surface area contributed by atoms with Gasteiger partial charge in [0.25, 0.3) is 0 Å². The Balaban J connectivity index is 3.08. The fourth-order valence-corrected chi connectivity index (χ4v) is 2.18. The number of benzene rings is 1. The molecule has 4 heteroatoms. The average Bonchev–Trinajstić information content (AvgIpc) is 2.38. The van der Waals surface area contributed by atoms with Crippen molar-refractivity contribution in [3.05, 3.63) is 29.8 Å². The standard InChI is InChI=1S/C13H19NO2S/c1-5-14-13(2,12(15)16-3)10-6-8-11(17-4)9-7-10/h6-9,14H,5H2,1-4H3. The minimum Gasteiger partial charge on any atom is -0.467 e. The Hall–Kier alpha value is -1.00. The SMILES string of the molecule is CCNC(C)(C(=O)OC)c1ccc(SC)cc1. The van der Waals surface area contributed by atoms with Gasteiger partial charge in [-0.1, -0.05) is 19.1 Å². The van der Waals surface area contributed by atoms with E-state index in [1.165, 1.54) is 12.0 Å². The molecule has 0 heterocycles. The maximum atomic E-state index is 11.9. The molecule has 0 aromatic heterocycles. The molecular weight excluding hydrogens is 234 g/mol. The lowest BCUT2D eigenvalue weighted by molar-refractivity contribution is -0.148. The van der Waals surface area contributed by atoms with Crippen molar-refractivity contribution in [3.8, 4) is 0 Å². The van der Waals surface area contributed by atoms with Gasteiger partial charge in [0, 0.05) is 4.90 Å². The number of carbonyl (C=O) groups excluding carboxylic acids is 1. The topological polar surface area (TPSA) is 38.3 Å². The molecule has 0 saturated heterocycles. The summed E-state index contributed by atoms with van der Waals surface area (Å²) >= 11 is 1.68. The van der Waals surface area contributed by atoms with Gasteiger partial charge in [-0.3, -0.25) is 5.32 Å². The summed E-state index contributed by atoms with van der Waals surface area (Å²) in [5.41, 5.74) is 0.143. The third-order valence-electron chi connectivity index (χ3n) is 2.79. The van der Waals surface area contributed by atoms with Gasteiger partial charge in [0.2, 0.25) is 0 Å². The smallest absolute Gasteiger partial charge is 0.330 e. The second-order valence-electron chi connectivity index (χ2n) is 3.88. The Morgan fingerprint density at radius 1 is 1.41 bits per heavy atom. The number of thioether (sulfide) groups is 1. The quantitative estimate of drug-likeness (QED) is 0.646. The van der Waals surface area contributed by atoms with Crippen LogP contribution in [-0.4, -0.2) is 25.9 Å². The van der Waals surface area contributed by atoms with E-state index in [-0.39, 0.29) is 5.97 Å². The van der Waals surface area contributed by atoms with E-state index >= 15 is 0 Å². The van der Waals surface area contributed by atoms with Crippen LogP contribution in [0.1, 0.15) is 19.4 Å². The van der Waals surface area contributed by atoms with Crippen molar-refractivity contribution in [2.75, 3.05) is 19.9 Å². The summed E-state index contributed by atoms with van der Waals surface area (Å²) in [4.78, 5) is 13.1. The monoisotopic (exact) mass is 253 g/mol. The molecule has 0 aliphatic heterocycles. The molecule has 1 rings (SSSR count). The first-order valence-corrected chi connectivity index (χ1v) is 6.79. The zero-order valence-electron chi connectivity index (χ0n) is 10.7. The van der Waals surface area contributed by atoms with Crippen LogP contribution in [-0.2, 0) is 15.1 Å². The van der Waals surface area contributed by atoms with Crippen molar-refractivity contribution in [1.29, 1.82) is 0 Å². The van der Waals surface area contributed by atoms with Gasteiger partial charge in [0.05, 0.1) is 7.11 Å². The number of nitrogens with one attached hydrogen (secondary N) is 1. The molecule has 17 heavy (non-hydrogen) atoms. The van der Waals surface area contributed by atoms with Crippen molar-refractivity contribution in [3.63, 3.8) is 0 Å². The van der Waals surface area contributed by atoms with Crippen molar-refractivity contribution < 1.29 is 9.53 Å². The van der Waals surface area contributed by atoms with Gasteiger partial charge in [0.15, 0.2) is 0 Å². The zero-order valence-corrected chi connectivity index (χ0v) is 11.6. The van der Waals surface area contributed by atoms with E-state index in [2.05, 4.69) is 5.32 Å². The molecule has 1 atom stereocenters. The fourth-order valence-electron chi connectivity index (χ4n) is 1.77. The first-order chi connectivity index (χ1) is 8.08. The number of hydrogen-bond donors (Lipinski definition) is 1. The van der Waals surface area contributed by atoms with Crippen LogP contribution in [0.2, 0.25) is 0 Å². The largest absolute Gasteiger partial charge is 0.467 e. The fraction of sp³-hybridized carbons (Fsp3) is 0.462. The van der Waals surface area contributed by atoms with Crippen molar-refractivity contribution in [1.82, 2.24) is 5.32 Å². The normalized spacial score (nSPS) is 14.1. The number of carbonyl (C=O) groups is 1. The molecule has 0 aliphatic carbocycles. The molecule has 0 amide bonds. The average molecular weight is 253 g/mol. The molecule has 0 spiro atoms. The zero-order chi connectivity index (χ0) is 12.9. The molecule has 0 fully saturated rings. The lowest BCUT2D eigenvalue weighted by Gasteiger charge is -2.28. The van der Waals surface area contributed by atoms with Crippen LogP contribution in [0.5, 0.6) is 0 Å². The second-order valence-corrected chi connectivity index (χ2v) is 4.76. The van der Waals surface area contributed by atoms with Crippen LogP contribution in [0, 0.1) is 0 Å². The molecule has 1 N–H and O–H groups in total. The number of ether oxygens (including phenoxy) is 1. The molecule has 94 valence electrons. The maximum Gasteiger partial charge on any atom is 0.330 e. The van der Waals surface area contributed by atoms with Gasteiger partial charge in [-0.25, -0.2) is 4.79 Å². The van der Waals surface area contributed by atoms with Crippen LogP contribution in [0.4, 0.5) is 0 Å². The summed E-state index contributed by atoms with van der Waals surface area (Å²) in [6.07, 6.45) is 2.03. The van der Waals surface area contributed by atoms with Crippen molar-refractivity contribution in [2.45, 2.75) is 24.3 Å². The first-order valence-electron chi connectivity index (χ1n) is 5.56. The summed E-state index contributed by atoms with van der Waals surface area (Å²) < 4.78 is 4.87. The Bertz CT molecular complexity index is 378. The summed E-state index contributed by atoms with van der Waals surface area (Å²) in [6.45, 7) is 4.52. The highest BCUT2D eigenvalue weighted by Gasteiger charge is 2.35. The van der Waals surface area contributed by atoms with Gasteiger partial charge in [-0.2, -0.15) is 0 Å². The van der Waals surface area contributed by atoms with Crippen LogP contribution < -0.4 is 5.32 Å². The number of methoxy groups -OCH3 is 1. The van der Waals surface area contributed by atoms with Gasteiger partial charge >= 0.3 is 5.97 Å². The van der Waals surface area contributed by atoms with E-state index < -0.39 is 5.54 Å². The van der Waals surface area contributed by atoms with E-state index in [1.54, 1.807) is 11.8 Å². The minimum atomic E-state index is -0.777. The van der Waals surface area contributed by atoms with Crippen molar-refractivity contribution >= 4 is 17.7 Å². The predicted molar refractivity (Wildman–Crippen MR) is 71.3 cm³/mol. The van der Waals surface area contributed by atoms with Crippen molar-refractivity contribution in [2.24, 2.45) is 0 Å². The third-order valence-corrected chi connectivity index (χ3v) is 3.53. The number of likely N-dealkylation sites (N-methyl/N-ethyl adjacent to an activating group) is 1. The summed E-state index contributed by atoms with van der Waals surface area (Å²) in [6, 6.07) is 7.95. The highest BCUT2D eigenvalue weighted by molar-refractivity contribution is 7.98. The van der Waals surface area contributed by atoms with Gasteiger partial charge in [-0.15, -0.1) is 11.8 Å². The Kier molecular flexibility index (Phi) is 5.02. The summed E-state index contributed by atoms with van der Waals surface area (Å²) in [5.74, 6) is -0.267. The lowest BCUT2D eigenvalue weighted by atomic mass is 9.92. The van der Waals surface area contributed by atoms with Crippen LogP contribution in [0.3, 0.4) is 0 Å². The van der Waals surface area contributed by atoms with Gasteiger partial charge in [-0.05, 0) is 37.4 Å². The minimum absolute atomic E-state index is 0.267. The van der Waals surface area contributed by atoms with E-state index in [1.807, 2.05) is 44.4 Å². The molecule has 0 radical (unpaired) electrons. The van der Waals surface area contributed by atoms with Gasteiger partial charge < -0.3 is 4.74 Å². The van der Waals surface area contributed by atoms with Crippen LogP contribution in [0.25, 0.3) is 0 Å². The molecule has 1 unspecified atom stereocenters. The molecule has 0 bridgehead atoms. The number of esters is 1. The van der Waals surface area contributed by atoms with E-state index in [4.69, 9.17) is 4.74 Å². The first kappa shape index (κ1) is 14.1. The summed E-state index contributed by atoms with van der Waals surface area (Å²) in [7, 11) is 1.41. The Morgan fingerprint density at radius 2 is 2.00 bits per heavy atom. The highest BCUT2D eigenvalue weighted by atomic mass is 32.2. The molecule has 1 aromatic rings. The maximum absolute atomic E-state index is 11.9. The van der Waals surface area contributed by atoms with Crippen LogP contribution >= 0.6 is 11.8 Å². The second kappa shape index (κ2) is 6.07. The number of hydrogen-bond acceptors (Lipinski definition) is 4. The van der Waals surface area contributed by atoms with Gasteiger partial charge in [0.1, 0.15) is 5.54 Å². The molecule has 0 saturated carbocycles. The molecule has 0 aliphatic rings. The third kappa shape index (κ3) is 3.01. The number of rotatable bonds is 5. The predicted octanol–water partition coefficient (Wildman–Crippen LogP) is 2.41.